The Morgan fingerprint density at radius 2 is 2.12 bits per heavy atom. The van der Waals surface area contributed by atoms with Gasteiger partial charge in [0.25, 0.3) is 5.91 Å². The molecule has 1 amide bonds. The normalized spacial score (nSPS) is 11.0. The lowest BCUT2D eigenvalue weighted by molar-refractivity contribution is 0.102. The van der Waals surface area contributed by atoms with Crippen LogP contribution in [-0.2, 0) is 0 Å². The Bertz CT molecular complexity index is 860. The second kappa shape index (κ2) is 7.38. The summed E-state index contributed by atoms with van der Waals surface area (Å²) in [6, 6.07) is 11.2. The third kappa shape index (κ3) is 4.17. The van der Waals surface area contributed by atoms with Crippen molar-refractivity contribution in [2.24, 2.45) is 0 Å². The van der Waals surface area contributed by atoms with Gasteiger partial charge in [0.2, 0.25) is 5.89 Å². The van der Waals surface area contributed by atoms with Gasteiger partial charge in [0.15, 0.2) is 0 Å². The zero-order valence-electron chi connectivity index (χ0n) is 12.9. The summed E-state index contributed by atoms with van der Waals surface area (Å²) >= 11 is 8.77. The Morgan fingerprint density at radius 1 is 1.29 bits per heavy atom. The largest absolute Gasteiger partial charge is 0.403 e. The monoisotopic (exact) mass is 379 g/mol. The maximum Gasteiger partial charge on any atom is 0.322 e. The molecule has 0 saturated heterocycles. The summed E-state index contributed by atoms with van der Waals surface area (Å²) in [6.07, 6.45) is 0. The van der Waals surface area contributed by atoms with E-state index in [-0.39, 0.29) is 11.9 Å². The van der Waals surface area contributed by atoms with Crippen molar-refractivity contribution in [1.29, 1.82) is 0 Å². The van der Waals surface area contributed by atoms with E-state index in [4.69, 9.17) is 16.0 Å². The maximum absolute atomic E-state index is 12.1. The zero-order chi connectivity index (χ0) is 17.1. The first-order valence-corrected chi connectivity index (χ1v) is 9.26. The Labute approximate surface area is 152 Å². The summed E-state index contributed by atoms with van der Waals surface area (Å²) < 4.78 is 6.08. The SMILES string of the molecule is CC(C)Sc1cccc(-c2nnc(NC(=O)c3ccc(Cl)s3)o2)c1. The Morgan fingerprint density at radius 3 is 2.83 bits per heavy atom. The molecule has 0 aliphatic heterocycles. The number of amides is 1. The van der Waals surface area contributed by atoms with Gasteiger partial charge in [0.05, 0.1) is 9.21 Å². The molecule has 2 heterocycles. The summed E-state index contributed by atoms with van der Waals surface area (Å²) in [5.74, 6) is 0.0342. The molecule has 0 radical (unpaired) electrons. The predicted octanol–water partition coefficient (Wildman–Crippen LogP) is 5.20. The van der Waals surface area contributed by atoms with E-state index >= 15 is 0 Å². The number of thiophene rings is 1. The smallest absolute Gasteiger partial charge is 0.322 e. The molecule has 0 unspecified atom stereocenters. The summed E-state index contributed by atoms with van der Waals surface area (Å²) in [6.45, 7) is 4.27. The van der Waals surface area contributed by atoms with Crippen LogP contribution in [0.4, 0.5) is 6.01 Å². The minimum Gasteiger partial charge on any atom is -0.403 e. The van der Waals surface area contributed by atoms with Crippen molar-refractivity contribution in [2.45, 2.75) is 24.0 Å². The highest BCUT2D eigenvalue weighted by Crippen LogP contribution is 2.28. The number of aromatic nitrogens is 2. The van der Waals surface area contributed by atoms with E-state index in [9.17, 15) is 4.79 Å². The van der Waals surface area contributed by atoms with E-state index in [1.807, 2.05) is 24.3 Å². The van der Waals surface area contributed by atoms with Crippen LogP contribution in [0.2, 0.25) is 4.34 Å². The first-order chi connectivity index (χ1) is 11.5. The van der Waals surface area contributed by atoms with E-state index in [2.05, 4.69) is 29.4 Å². The molecular formula is C16H14ClN3O2S2. The van der Waals surface area contributed by atoms with Gasteiger partial charge in [-0.25, -0.2) is 0 Å². The number of rotatable bonds is 5. The molecule has 0 aliphatic carbocycles. The molecule has 1 N–H and O–H groups in total. The van der Waals surface area contributed by atoms with Crippen molar-refractivity contribution in [2.75, 3.05) is 5.32 Å². The number of thioether (sulfide) groups is 1. The topological polar surface area (TPSA) is 68.0 Å². The van der Waals surface area contributed by atoms with Crippen LogP contribution < -0.4 is 5.32 Å². The van der Waals surface area contributed by atoms with Crippen LogP contribution in [0, 0.1) is 0 Å². The first kappa shape index (κ1) is 17.0. The summed E-state index contributed by atoms with van der Waals surface area (Å²) in [4.78, 5) is 13.7. The number of hydrogen-bond acceptors (Lipinski definition) is 6. The van der Waals surface area contributed by atoms with Crippen molar-refractivity contribution in [3.63, 3.8) is 0 Å². The standard InChI is InChI=1S/C16H14ClN3O2S2/c1-9(2)23-11-5-3-4-10(8-11)15-19-20-16(22-15)18-14(21)12-6-7-13(17)24-12/h3-9H,1-2H3,(H,18,20,21). The second-order valence-corrected chi connectivity index (χ2v) is 8.53. The molecule has 124 valence electrons. The van der Waals surface area contributed by atoms with Crippen molar-refractivity contribution >= 4 is 46.6 Å². The Hall–Kier alpha value is -1.83. The molecule has 0 aliphatic rings. The van der Waals surface area contributed by atoms with Gasteiger partial charge in [-0.2, -0.15) is 0 Å². The minimum atomic E-state index is -0.328. The van der Waals surface area contributed by atoms with Gasteiger partial charge >= 0.3 is 6.01 Å². The van der Waals surface area contributed by atoms with Crippen LogP contribution in [0.15, 0.2) is 45.7 Å². The molecule has 2 aromatic heterocycles. The molecule has 8 heteroatoms. The predicted molar refractivity (Wildman–Crippen MR) is 98.0 cm³/mol. The fourth-order valence-corrected chi connectivity index (χ4v) is 3.79. The second-order valence-electron chi connectivity index (χ2n) is 5.16. The Balaban J connectivity index is 1.74. The van der Waals surface area contributed by atoms with Crippen LogP contribution in [0.25, 0.3) is 11.5 Å². The molecule has 3 aromatic rings. The van der Waals surface area contributed by atoms with Gasteiger partial charge in [0, 0.05) is 15.7 Å². The number of halogens is 1. The average molecular weight is 380 g/mol. The van der Waals surface area contributed by atoms with E-state index in [1.165, 1.54) is 11.3 Å². The summed E-state index contributed by atoms with van der Waals surface area (Å²) in [5, 5.41) is 10.9. The fourth-order valence-electron chi connectivity index (χ4n) is 1.96. The van der Waals surface area contributed by atoms with Crippen LogP contribution in [0.1, 0.15) is 23.5 Å². The van der Waals surface area contributed by atoms with E-state index in [1.54, 1.807) is 23.9 Å². The molecule has 5 nitrogen and oxygen atoms in total. The average Bonchev–Trinajstić information content (AvgIpc) is 3.16. The van der Waals surface area contributed by atoms with Crippen molar-refractivity contribution in [3.05, 3.63) is 45.6 Å². The number of carbonyl (C=O) groups excluding carboxylic acids is 1. The number of carbonyl (C=O) groups is 1. The van der Waals surface area contributed by atoms with E-state index in [0.717, 1.165) is 10.5 Å². The molecule has 0 bridgehead atoms. The lowest BCUT2D eigenvalue weighted by Gasteiger charge is -2.05. The lowest BCUT2D eigenvalue weighted by atomic mass is 10.2. The highest BCUT2D eigenvalue weighted by molar-refractivity contribution is 7.99. The van der Waals surface area contributed by atoms with Crippen molar-refractivity contribution < 1.29 is 9.21 Å². The van der Waals surface area contributed by atoms with Crippen LogP contribution in [0.5, 0.6) is 0 Å². The summed E-state index contributed by atoms with van der Waals surface area (Å²) in [7, 11) is 0. The number of nitrogens with zero attached hydrogens (tertiary/aromatic N) is 2. The number of hydrogen-bond donors (Lipinski definition) is 1. The maximum atomic E-state index is 12.1. The first-order valence-electron chi connectivity index (χ1n) is 7.18. The van der Waals surface area contributed by atoms with Crippen LogP contribution in [-0.4, -0.2) is 21.4 Å². The molecule has 1 aromatic carbocycles. The number of anilines is 1. The van der Waals surface area contributed by atoms with Crippen molar-refractivity contribution in [1.82, 2.24) is 10.2 Å². The van der Waals surface area contributed by atoms with Gasteiger partial charge in [-0.1, -0.05) is 36.6 Å². The third-order valence-corrected chi connectivity index (χ3v) is 5.12. The number of benzene rings is 1. The van der Waals surface area contributed by atoms with Gasteiger partial charge in [0.1, 0.15) is 0 Å². The van der Waals surface area contributed by atoms with Crippen LogP contribution in [0.3, 0.4) is 0 Å². The quantitative estimate of drug-likeness (QED) is 0.616. The third-order valence-electron chi connectivity index (χ3n) is 2.90. The van der Waals surface area contributed by atoms with Crippen LogP contribution >= 0.6 is 34.7 Å². The summed E-state index contributed by atoms with van der Waals surface area (Å²) in [5.41, 5.74) is 0.813. The fraction of sp³-hybridized carbons (Fsp3) is 0.188. The Kier molecular flexibility index (Phi) is 5.23. The highest BCUT2D eigenvalue weighted by atomic mass is 35.5. The molecule has 0 spiro atoms. The van der Waals surface area contributed by atoms with E-state index in [0.29, 0.717) is 20.4 Å². The molecule has 0 atom stereocenters. The van der Waals surface area contributed by atoms with E-state index < -0.39 is 0 Å². The van der Waals surface area contributed by atoms with Gasteiger partial charge in [-0.05, 0) is 30.3 Å². The molecular weight excluding hydrogens is 366 g/mol. The molecule has 0 fully saturated rings. The lowest BCUT2D eigenvalue weighted by Crippen LogP contribution is -2.10. The zero-order valence-corrected chi connectivity index (χ0v) is 15.3. The minimum absolute atomic E-state index is 0.0569. The van der Waals surface area contributed by atoms with Gasteiger partial charge < -0.3 is 4.42 Å². The van der Waals surface area contributed by atoms with Crippen molar-refractivity contribution in [3.8, 4) is 11.5 Å². The molecule has 3 rings (SSSR count). The van der Waals surface area contributed by atoms with Gasteiger partial charge in [-0.3, -0.25) is 10.1 Å². The van der Waals surface area contributed by atoms with Gasteiger partial charge in [-0.15, -0.1) is 28.2 Å². The molecule has 0 saturated carbocycles. The highest BCUT2D eigenvalue weighted by Gasteiger charge is 2.14. The molecule has 24 heavy (non-hydrogen) atoms. The number of nitrogens with one attached hydrogen (secondary N) is 1.